The molecule has 11 heteroatoms. The lowest BCUT2D eigenvalue weighted by Crippen LogP contribution is -2.68. The van der Waals surface area contributed by atoms with E-state index >= 15 is 9.59 Å². The monoisotopic (exact) mass is 767 g/mol. The van der Waals surface area contributed by atoms with Crippen molar-refractivity contribution < 1.29 is 28.4 Å². The summed E-state index contributed by atoms with van der Waals surface area (Å²) in [5.41, 5.74) is 2.77. The largest absolute Gasteiger partial charge is 0.507 e. The van der Waals surface area contributed by atoms with Gasteiger partial charge in [-0.15, -0.1) is 0 Å². The molecular weight excluding hydrogens is 718 g/mol. The van der Waals surface area contributed by atoms with Crippen LogP contribution in [-0.4, -0.2) is 72.7 Å². The summed E-state index contributed by atoms with van der Waals surface area (Å²) in [7, 11) is 0.981. The Morgan fingerprint density at radius 2 is 1.76 bits per heavy atom. The van der Waals surface area contributed by atoms with Crippen LogP contribution in [0.5, 0.6) is 5.88 Å². The number of aliphatic hydroxyl groups is 1. The number of halogens is 1. The average molecular weight is 768 g/mol. The summed E-state index contributed by atoms with van der Waals surface area (Å²) in [5.74, 6) is -1.76. The molecule has 1 saturated heterocycles. The third-order valence-electron chi connectivity index (χ3n) is 12.9. The molecule has 54 heavy (non-hydrogen) atoms. The predicted molar refractivity (Wildman–Crippen MR) is 212 cm³/mol. The molecule has 2 heterocycles. The molecular formula is C43H50ClN3O6Si. The molecule has 1 saturated carbocycles. The predicted octanol–water partition coefficient (Wildman–Crippen LogP) is 8.86. The molecule has 3 aromatic carbocycles. The molecule has 8 rings (SSSR count). The van der Waals surface area contributed by atoms with Gasteiger partial charge in [0.05, 0.1) is 11.1 Å². The number of carbonyl (C=O) groups is 2. The number of nitrogens with zero attached hydrogens (tertiary/aromatic N) is 3. The standard InChI is InChI=1S/C43H50ClN3O6Si/c1-24-29-19-26(22-47-17-12-18-47)15-16-28(29)35(44)30-20-27-21-31-36(46(5)6)38-34(41(45-52-38)51-23-25-13-10-9-11-14-25)40(50)43(31,53-54(7,8)42(2,3)4)39(49)33(27)37(48)32(24)30/h9-11,13-16,19,27,31,36,48H,12,17-18,20-23H2,1-8H3/t27-,31-,36-,43-/m0/s1. The first-order chi connectivity index (χ1) is 25.5. The fourth-order valence-electron chi connectivity index (χ4n) is 8.98. The summed E-state index contributed by atoms with van der Waals surface area (Å²) < 4.78 is 19.5. The minimum absolute atomic E-state index is 0.0348. The molecule has 4 aromatic rings. The minimum atomic E-state index is -2.85. The van der Waals surface area contributed by atoms with Crippen LogP contribution in [0.3, 0.4) is 0 Å². The van der Waals surface area contributed by atoms with Crippen LogP contribution in [0.2, 0.25) is 23.2 Å². The van der Waals surface area contributed by atoms with Crippen LogP contribution in [0.25, 0.3) is 16.5 Å². The summed E-state index contributed by atoms with van der Waals surface area (Å²) in [6, 6.07) is 15.5. The van der Waals surface area contributed by atoms with E-state index in [2.05, 4.69) is 62.1 Å². The molecule has 4 atom stereocenters. The Labute approximate surface area is 323 Å². The van der Waals surface area contributed by atoms with E-state index in [1.807, 2.05) is 56.3 Å². The van der Waals surface area contributed by atoms with Gasteiger partial charge in [0, 0.05) is 29.0 Å². The van der Waals surface area contributed by atoms with Gasteiger partial charge in [-0.05, 0) is 116 Å². The number of rotatable bonds is 8. The van der Waals surface area contributed by atoms with Crippen molar-refractivity contribution in [1.29, 1.82) is 0 Å². The highest BCUT2D eigenvalue weighted by molar-refractivity contribution is 6.74. The first-order valence-corrected chi connectivity index (χ1v) is 22.4. The van der Waals surface area contributed by atoms with E-state index in [1.165, 1.54) is 12.0 Å². The third kappa shape index (κ3) is 5.62. The van der Waals surface area contributed by atoms with Crippen molar-refractivity contribution in [3.05, 3.63) is 98.3 Å². The number of hydrogen-bond donors (Lipinski definition) is 1. The fourth-order valence-corrected chi connectivity index (χ4v) is 10.8. The summed E-state index contributed by atoms with van der Waals surface area (Å²) >= 11 is 7.26. The second kappa shape index (κ2) is 13.2. The van der Waals surface area contributed by atoms with Gasteiger partial charge in [0.25, 0.3) is 5.88 Å². The number of hydrogen-bond acceptors (Lipinski definition) is 9. The molecule has 284 valence electrons. The molecule has 0 radical (unpaired) electrons. The molecule has 0 bridgehead atoms. The van der Waals surface area contributed by atoms with E-state index in [9.17, 15) is 5.11 Å². The van der Waals surface area contributed by atoms with Gasteiger partial charge in [-0.25, -0.2) is 0 Å². The van der Waals surface area contributed by atoms with E-state index in [1.54, 1.807) is 0 Å². The maximum atomic E-state index is 15.7. The Morgan fingerprint density at radius 3 is 2.41 bits per heavy atom. The quantitative estimate of drug-likeness (QED) is 0.139. The molecule has 0 amide bonds. The number of ketones is 2. The van der Waals surface area contributed by atoms with Gasteiger partial charge in [0.2, 0.25) is 11.6 Å². The molecule has 1 aromatic heterocycles. The van der Waals surface area contributed by atoms with Crippen molar-refractivity contribution in [2.45, 2.75) is 89.9 Å². The van der Waals surface area contributed by atoms with Crippen molar-refractivity contribution in [2.24, 2.45) is 11.8 Å². The summed E-state index contributed by atoms with van der Waals surface area (Å²) in [6.45, 7) is 15.6. The number of benzene rings is 3. The third-order valence-corrected chi connectivity index (χ3v) is 17.8. The Morgan fingerprint density at radius 1 is 1.04 bits per heavy atom. The topological polar surface area (TPSA) is 105 Å². The van der Waals surface area contributed by atoms with Gasteiger partial charge in [0.1, 0.15) is 17.9 Å². The second-order valence-corrected chi connectivity index (χ2v) is 22.6. The molecule has 1 N–H and O–H groups in total. The summed E-state index contributed by atoms with van der Waals surface area (Å²) in [6.07, 6.45) is 2.04. The number of Topliss-reactive ketones (excluding diaryl/α,β-unsaturated/α-hetero) is 2. The van der Waals surface area contributed by atoms with E-state index in [-0.39, 0.29) is 34.4 Å². The van der Waals surface area contributed by atoms with Gasteiger partial charge < -0.3 is 18.8 Å². The Kier molecular flexibility index (Phi) is 9.05. The first kappa shape index (κ1) is 37.1. The van der Waals surface area contributed by atoms with E-state index in [0.29, 0.717) is 29.2 Å². The molecule has 0 unspecified atom stereocenters. The number of aryl methyl sites for hydroxylation is 1. The molecule has 2 fully saturated rings. The summed E-state index contributed by atoms with van der Waals surface area (Å²) in [4.78, 5) is 35.6. The van der Waals surface area contributed by atoms with Crippen LogP contribution in [0, 0.1) is 18.8 Å². The van der Waals surface area contributed by atoms with Crippen LogP contribution in [-0.2, 0) is 28.8 Å². The Balaban J connectivity index is 1.31. The number of carbonyl (C=O) groups excluding carboxylic acids is 2. The molecule has 0 spiro atoms. The van der Waals surface area contributed by atoms with Crippen LogP contribution in [0.4, 0.5) is 0 Å². The fraction of sp³-hybridized carbons (Fsp3) is 0.465. The number of fused-ring (bicyclic) bond motifs is 5. The number of likely N-dealkylation sites (tertiary alicyclic amines) is 1. The van der Waals surface area contributed by atoms with E-state index in [4.69, 9.17) is 25.3 Å². The molecule has 1 aliphatic heterocycles. The van der Waals surface area contributed by atoms with Crippen molar-refractivity contribution in [2.75, 3.05) is 27.2 Å². The van der Waals surface area contributed by atoms with Gasteiger partial charge in [-0.1, -0.05) is 74.8 Å². The number of aromatic nitrogens is 1. The van der Waals surface area contributed by atoms with Gasteiger partial charge >= 0.3 is 0 Å². The number of ether oxygens (including phenoxy) is 1. The molecule has 4 aliphatic rings. The number of aliphatic hydroxyl groups excluding tert-OH is 1. The van der Waals surface area contributed by atoms with Gasteiger partial charge in [0.15, 0.2) is 19.7 Å². The Bertz CT molecular complexity index is 2220. The average Bonchev–Trinajstić information content (AvgIpc) is 3.52. The van der Waals surface area contributed by atoms with E-state index < -0.39 is 43.4 Å². The minimum Gasteiger partial charge on any atom is -0.507 e. The molecule has 3 aliphatic carbocycles. The zero-order valence-electron chi connectivity index (χ0n) is 32.5. The van der Waals surface area contributed by atoms with Crippen molar-refractivity contribution in [3.63, 3.8) is 0 Å². The maximum absolute atomic E-state index is 15.7. The smallest absolute Gasteiger partial charge is 0.265 e. The van der Waals surface area contributed by atoms with Crippen LogP contribution >= 0.6 is 11.6 Å². The zero-order chi connectivity index (χ0) is 38.5. The zero-order valence-corrected chi connectivity index (χ0v) is 34.3. The normalized spacial score (nSPS) is 24.3. The summed E-state index contributed by atoms with van der Waals surface area (Å²) in [5, 5.41) is 18.9. The van der Waals surface area contributed by atoms with Crippen LogP contribution in [0.1, 0.15) is 83.6 Å². The maximum Gasteiger partial charge on any atom is 0.265 e. The van der Waals surface area contributed by atoms with Crippen molar-refractivity contribution in [3.8, 4) is 5.88 Å². The van der Waals surface area contributed by atoms with E-state index in [0.717, 1.165) is 47.1 Å². The lowest BCUT2D eigenvalue weighted by molar-refractivity contribution is -0.140. The van der Waals surface area contributed by atoms with Crippen LogP contribution < -0.4 is 4.74 Å². The van der Waals surface area contributed by atoms with Crippen LogP contribution in [0.15, 0.2) is 58.6 Å². The lowest BCUT2D eigenvalue weighted by Gasteiger charge is -2.55. The lowest BCUT2D eigenvalue weighted by atomic mass is 9.57. The highest BCUT2D eigenvalue weighted by atomic mass is 35.5. The van der Waals surface area contributed by atoms with Crippen molar-refractivity contribution >= 4 is 48.0 Å². The van der Waals surface area contributed by atoms with Gasteiger partial charge in [-0.2, -0.15) is 0 Å². The highest BCUT2D eigenvalue weighted by Gasteiger charge is 2.69. The SMILES string of the molecule is Cc1c2c(c(Cl)c3ccc(CN4CCC4)cc13)C[C@H]1C[C@H]3[C@H](N(C)C)c4onc(OCc5ccccc5)c4C(=O)[C@@]3(O[Si](C)(C)C(C)(C)C)C(=O)C1=C2O. The Hall–Kier alpha value is -3.80. The van der Waals surface area contributed by atoms with Crippen molar-refractivity contribution in [1.82, 2.24) is 15.0 Å². The highest BCUT2D eigenvalue weighted by Crippen LogP contribution is 2.59. The van der Waals surface area contributed by atoms with Gasteiger partial charge in [-0.3, -0.25) is 19.4 Å². The second-order valence-electron chi connectivity index (χ2n) is 17.5. The first-order valence-electron chi connectivity index (χ1n) is 19.1. The molecule has 9 nitrogen and oxygen atoms in total.